The lowest BCUT2D eigenvalue weighted by Gasteiger charge is -2.25. The molecule has 0 fully saturated rings. The Morgan fingerprint density at radius 1 is 1.50 bits per heavy atom. The molecule has 110 valence electrons. The minimum atomic E-state index is -0.312. The molecule has 0 bridgehead atoms. The van der Waals surface area contributed by atoms with E-state index < -0.39 is 0 Å². The van der Waals surface area contributed by atoms with E-state index in [-0.39, 0.29) is 17.5 Å². The highest BCUT2D eigenvalue weighted by Crippen LogP contribution is 2.23. The quantitative estimate of drug-likeness (QED) is 0.636. The SMILES string of the molecule is CCCN(CC(=O)OC)c1nc(C)cc(C)c1C(N)=S. The number of carbonyl (C=O) groups is 1. The second-order valence-electron chi connectivity index (χ2n) is 4.64. The predicted molar refractivity (Wildman–Crippen MR) is 84.1 cm³/mol. The first-order chi connectivity index (χ1) is 9.40. The highest BCUT2D eigenvalue weighted by atomic mass is 32.1. The van der Waals surface area contributed by atoms with Gasteiger partial charge in [-0.2, -0.15) is 0 Å². The topological polar surface area (TPSA) is 68.5 Å². The summed E-state index contributed by atoms with van der Waals surface area (Å²) in [6.07, 6.45) is 0.877. The maximum absolute atomic E-state index is 11.6. The van der Waals surface area contributed by atoms with Crippen molar-refractivity contribution in [1.29, 1.82) is 0 Å². The maximum Gasteiger partial charge on any atom is 0.325 e. The molecular weight excluding hydrogens is 274 g/mol. The molecule has 1 heterocycles. The van der Waals surface area contributed by atoms with Gasteiger partial charge in [0.25, 0.3) is 0 Å². The summed E-state index contributed by atoms with van der Waals surface area (Å²) in [4.78, 5) is 18.2. The molecule has 20 heavy (non-hydrogen) atoms. The van der Waals surface area contributed by atoms with Crippen LogP contribution in [0.3, 0.4) is 0 Å². The van der Waals surface area contributed by atoms with E-state index in [9.17, 15) is 4.79 Å². The van der Waals surface area contributed by atoms with Gasteiger partial charge in [-0.1, -0.05) is 19.1 Å². The zero-order chi connectivity index (χ0) is 15.3. The first-order valence-corrected chi connectivity index (χ1v) is 6.91. The number of hydrogen-bond acceptors (Lipinski definition) is 5. The molecule has 0 saturated heterocycles. The van der Waals surface area contributed by atoms with E-state index in [1.807, 2.05) is 31.7 Å². The number of hydrogen-bond donors (Lipinski definition) is 1. The first kappa shape index (κ1) is 16.4. The summed E-state index contributed by atoms with van der Waals surface area (Å²) >= 11 is 5.12. The van der Waals surface area contributed by atoms with Crippen LogP contribution in [0.4, 0.5) is 5.82 Å². The van der Waals surface area contributed by atoms with Crippen LogP contribution in [-0.4, -0.2) is 36.1 Å². The smallest absolute Gasteiger partial charge is 0.325 e. The Morgan fingerprint density at radius 2 is 2.15 bits per heavy atom. The number of pyridine rings is 1. The average Bonchev–Trinajstić information content (AvgIpc) is 2.36. The lowest BCUT2D eigenvalue weighted by atomic mass is 10.1. The van der Waals surface area contributed by atoms with Crippen LogP contribution in [0.1, 0.15) is 30.2 Å². The van der Waals surface area contributed by atoms with Crippen molar-refractivity contribution in [2.75, 3.05) is 25.1 Å². The lowest BCUT2D eigenvalue weighted by Crippen LogP contribution is -2.34. The number of methoxy groups -OCH3 is 1. The summed E-state index contributed by atoms with van der Waals surface area (Å²) in [5.74, 6) is 0.343. The second-order valence-corrected chi connectivity index (χ2v) is 5.08. The van der Waals surface area contributed by atoms with Gasteiger partial charge in [0.1, 0.15) is 17.4 Å². The van der Waals surface area contributed by atoms with Gasteiger partial charge in [-0.25, -0.2) is 4.98 Å². The minimum Gasteiger partial charge on any atom is -0.468 e. The fourth-order valence-electron chi connectivity index (χ4n) is 2.10. The van der Waals surface area contributed by atoms with E-state index in [0.29, 0.717) is 12.4 Å². The summed E-state index contributed by atoms with van der Waals surface area (Å²) in [7, 11) is 1.37. The predicted octanol–water partition coefficient (Wildman–Crippen LogP) is 1.72. The van der Waals surface area contributed by atoms with E-state index in [1.165, 1.54) is 7.11 Å². The molecule has 0 atom stereocenters. The van der Waals surface area contributed by atoms with Crippen molar-refractivity contribution < 1.29 is 9.53 Å². The second kappa shape index (κ2) is 7.19. The molecule has 0 aromatic carbocycles. The molecule has 0 spiro atoms. The van der Waals surface area contributed by atoms with Gasteiger partial charge in [-0.3, -0.25) is 4.79 Å². The van der Waals surface area contributed by atoms with E-state index in [4.69, 9.17) is 22.7 Å². The van der Waals surface area contributed by atoms with Gasteiger partial charge in [-0.05, 0) is 31.9 Å². The Hall–Kier alpha value is -1.69. The van der Waals surface area contributed by atoms with Crippen LogP contribution in [-0.2, 0) is 9.53 Å². The van der Waals surface area contributed by atoms with Crippen molar-refractivity contribution in [3.05, 3.63) is 22.9 Å². The summed E-state index contributed by atoms with van der Waals surface area (Å²) in [5.41, 5.74) is 8.36. The summed E-state index contributed by atoms with van der Waals surface area (Å²) in [5, 5.41) is 0. The van der Waals surface area contributed by atoms with E-state index >= 15 is 0 Å². The fourth-order valence-corrected chi connectivity index (χ4v) is 2.35. The van der Waals surface area contributed by atoms with Gasteiger partial charge in [0.15, 0.2) is 0 Å². The zero-order valence-electron chi connectivity index (χ0n) is 12.4. The van der Waals surface area contributed by atoms with Crippen molar-refractivity contribution >= 4 is 29.0 Å². The van der Waals surface area contributed by atoms with Crippen molar-refractivity contribution in [3.8, 4) is 0 Å². The Kier molecular flexibility index (Phi) is 5.88. The molecule has 1 aromatic heterocycles. The molecule has 5 nitrogen and oxygen atoms in total. The van der Waals surface area contributed by atoms with Gasteiger partial charge in [0.05, 0.1) is 12.7 Å². The number of aryl methyl sites for hydroxylation is 2. The van der Waals surface area contributed by atoms with Gasteiger partial charge < -0.3 is 15.4 Å². The summed E-state index contributed by atoms with van der Waals surface area (Å²) in [6, 6.07) is 1.93. The van der Waals surface area contributed by atoms with Crippen molar-refractivity contribution in [2.45, 2.75) is 27.2 Å². The van der Waals surface area contributed by atoms with Crippen molar-refractivity contribution in [2.24, 2.45) is 5.73 Å². The number of carbonyl (C=O) groups excluding carboxylic acids is 1. The largest absolute Gasteiger partial charge is 0.468 e. The molecule has 6 heteroatoms. The summed E-state index contributed by atoms with van der Waals surface area (Å²) in [6.45, 7) is 6.70. The molecule has 0 aliphatic rings. The van der Waals surface area contributed by atoms with Crippen LogP contribution in [0.5, 0.6) is 0 Å². The third kappa shape index (κ3) is 3.90. The number of thiocarbonyl (C=S) groups is 1. The zero-order valence-corrected chi connectivity index (χ0v) is 13.2. The van der Waals surface area contributed by atoms with Crippen molar-refractivity contribution in [1.82, 2.24) is 4.98 Å². The molecule has 0 amide bonds. The van der Waals surface area contributed by atoms with E-state index in [0.717, 1.165) is 23.2 Å². The molecule has 0 saturated carbocycles. The number of nitrogens with zero attached hydrogens (tertiary/aromatic N) is 2. The number of nitrogens with two attached hydrogens (primary N) is 1. The van der Waals surface area contributed by atoms with Gasteiger partial charge in [0.2, 0.25) is 0 Å². The van der Waals surface area contributed by atoms with Gasteiger partial charge >= 0.3 is 5.97 Å². The van der Waals surface area contributed by atoms with Crippen LogP contribution >= 0.6 is 12.2 Å². The van der Waals surface area contributed by atoms with E-state index in [2.05, 4.69) is 4.98 Å². The number of ether oxygens (including phenoxy) is 1. The fraction of sp³-hybridized carbons (Fsp3) is 0.500. The average molecular weight is 295 g/mol. The summed E-state index contributed by atoms with van der Waals surface area (Å²) < 4.78 is 4.74. The normalized spacial score (nSPS) is 10.2. The van der Waals surface area contributed by atoms with Crippen LogP contribution in [0.15, 0.2) is 6.07 Å². The molecule has 2 N–H and O–H groups in total. The van der Waals surface area contributed by atoms with Gasteiger partial charge in [0, 0.05) is 12.2 Å². The maximum atomic E-state index is 11.6. The molecule has 1 rings (SSSR count). The van der Waals surface area contributed by atoms with Crippen LogP contribution < -0.4 is 10.6 Å². The standard InChI is InChI=1S/C14H21N3O2S/c1-5-6-17(8-11(18)19-4)14-12(13(15)20)9(2)7-10(3)16-14/h7H,5-6,8H2,1-4H3,(H2,15,20). The Morgan fingerprint density at radius 3 is 2.65 bits per heavy atom. The van der Waals surface area contributed by atoms with Gasteiger partial charge in [-0.15, -0.1) is 0 Å². The molecule has 0 aliphatic heterocycles. The Labute approximate surface area is 125 Å². The van der Waals surface area contributed by atoms with Crippen molar-refractivity contribution in [3.63, 3.8) is 0 Å². The molecule has 0 unspecified atom stereocenters. The molecule has 0 aliphatic carbocycles. The van der Waals surface area contributed by atoms with Crippen LogP contribution in [0, 0.1) is 13.8 Å². The third-order valence-corrected chi connectivity index (χ3v) is 3.12. The highest BCUT2D eigenvalue weighted by Gasteiger charge is 2.19. The molecule has 1 aromatic rings. The van der Waals surface area contributed by atoms with Crippen LogP contribution in [0.25, 0.3) is 0 Å². The van der Waals surface area contributed by atoms with E-state index in [1.54, 1.807) is 0 Å². The Balaban J connectivity index is 3.30. The number of esters is 1. The number of rotatable bonds is 6. The van der Waals surface area contributed by atoms with Crippen LogP contribution in [0.2, 0.25) is 0 Å². The lowest BCUT2D eigenvalue weighted by molar-refractivity contribution is -0.138. The molecule has 0 radical (unpaired) electrons. The Bertz CT molecular complexity index is 517. The highest BCUT2D eigenvalue weighted by molar-refractivity contribution is 7.80. The first-order valence-electron chi connectivity index (χ1n) is 6.50. The molecular formula is C14H21N3O2S. The third-order valence-electron chi connectivity index (χ3n) is 2.91. The number of anilines is 1. The number of aromatic nitrogens is 1. The monoisotopic (exact) mass is 295 g/mol. The minimum absolute atomic E-state index is 0.135.